The molecule has 0 unspecified atom stereocenters. The van der Waals surface area contributed by atoms with E-state index in [-0.39, 0.29) is 16.5 Å². The Morgan fingerprint density at radius 1 is 0.277 bits per heavy atom. The van der Waals surface area contributed by atoms with Crippen LogP contribution in [0.1, 0.15) is 184 Å². The van der Waals surface area contributed by atoms with Crippen molar-refractivity contribution in [3.05, 3.63) is 308 Å². The molecule has 0 saturated carbocycles. The fourth-order valence-electron chi connectivity index (χ4n) is 14.2. The van der Waals surface area contributed by atoms with Crippen LogP contribution in [0, 0.1) is 82.9 Å². The fourth-order valence-corrected chi connectivity index (χ4v) is 14.2. The normalized spacial score (nSPS) is 13.5. The van der Waals surface area contributed by atoms with Gasteiger partial charge in [-0.05, 0) is 242 Å². The summed E-state index contributed by atoms with van der Waals surface area (Å²) in [4.78, 5) is 0. The third-order valence-electron chi connectivity index (χ3n) is 19.6. The van der Waals surface area contributed by atoms with Crippen LogP contribution in [-0.2, 0) is 33.6 Å². The lowest BCUT2D eigenvalue weighted by atomic mass is 9.83. The van der Waals surface area contributed by atoms with Crippen molar-refractivity contribution >= 4 is 0 Å². The Morgan fingerprint density at radius 3 is 0.881 bits per heavy atom. The number of benzene rings is 8. The van der Waals surface area contributed by atoms with Crippen LogP contribution in [0.3, 0.4) is 0 Å². The van der Waals surface area contributed by atoms with E-state index in [0.29, 0.717) is 22.6 Å². The van der Waals surface area contributed by atoms with Crippen LogP contribution in [0.4, 0.5) is 0 Å². The number of rotatable bonds is 11. The number of aryl methyl sites for hydroxylation is 16. The van der Waals surface area contributed by atoms with Crippen LogP contribution in [-0.4, -0.2) is 0 Å². The summed E-state index contributed by atoms with van der Waals surface area (Å²) in [5, 5.41) is 0. The molecule has 12 aromatic rings. The standard InChI is InChI=1S/C25H30N.3C24H28N/c1-17-13-18(2)22(14-21(17)20-11-9-8-10-12-20)24-15-23(25(4,5)6)19(3)16-26(24)7;1-16(2)21-14-24(25(6)15-19(21)5)23-13-22(17(3)12-18(23)4)20-10-8-7-9-11-20;2*1-16(2)23-15-25(6)24(13-19(23)5)22-14-21(17(3)12-18(22)4)20-10-8-7-9-11-20/h8-16H,1-7H3;3*7-16H,1-6H3/q4*+1/i;3D3,5D3,16D;3D3,16D;. The molecule has 4 heteroatoms. The summed E-state index contributed by atoms with van der Waals surface area (Å²) in [5.74, 6) is -1.27. The second-order valence-corrected chi connectivity index (χ2v) is 29.5. The van der Waals surface area contributed by atoms with Gasteiger partial charge < -0.3 is 0 Å². The molecule has 0 amide bonds. The minimum absolute atomic E-state index is 0.133. The van der Waals surface area contributed by atoms with Gasteiger partial charge in [-0.25, -0.2) is 18.3 Å². The highest BCUT2D eigenvalue weighted by atomic mass is 14.9. The molecule has 4 aromatic heterocycles. The molecule has 4 nitrogen and oxygen atoms in total. The first kappa shape index (κ1) is 61.2. The van der Waals surface area contributed by atoms with E-state index >= 15 is 0 Å². The molecule has 0 saturated heterocycles. The van der Waals surface area contributed by atoms with Crippen LogP contribution >= 0.6 is 0 Å². The minimum atomic E-state index is -2.35. The van der Waals surface area contributed by atoms with Gasteiger partial charge in [-0.2, -0.15) is 0 Å². The average molecular weight is 1350 g/mol. The van der Waals surface area contributed by atoms with Gasteiger partial charge in [0.1, 0.15) is 28.2 Å². The molecule has 518 valence electrons. The summed E-state index contributed by atoms with van der Waals surface area (Å²) in [6.07, 6.45) is 8.12. The molecule has 8 aromatic carbocycles. The van der Waals surface area contributed by atoms with Crippen molar-refractivity contribution in [1.82, 2.24) is 0 Å². The van der Waals surface area contributed by atoms with Gasteiger partial charge in [0.15, 0.2) is 24.8 Å². The zero-order valence-corrected chi connectivity index (χ0v) is 64.2. The lowest BCUT2D eigenvalue weighted by Crippen LogP contribution is -2.33. The van der Waals surface area contributed by atoms with E-state index in [1.54, 1.807) is 49.9 Å². The monoisotopic (exact) mass is 1350 g/mol. The summed E-state index contributed by atoms with van der Waals surface area (Å²) >= 11 is 0. The Balaban J connectivity index is 0.000000172. The molecule has 0 spiro atoms. The Kier molecular flexibility index (Phi) is 19.6. The zero-order valence-electron chi connectivity index (χ0n) is 75.2. The molecule has 0 atom stereocenters. The van der Waals surface area contributed by atoms with Crippen molar-refractivity contribution in [3.8, 4) is 89.5 Å². The molecule has 0 aliphatic rings. The Morgan fingerprint density at radius 2 is 0.554 bits per heavy atom. The number of hydrogen-bond donors (Lipinski definition) is 0. The molecule has 101 heavy (non-hydrogen) atoms. The molecule has 0 bridgehead atoms. The number of nitrogens with zero attached hydrogens (tertiary/aromatic N) is 4. The maximum Gasteiger partial charge on any atom is 0.212 e. The largest absolute Gasteiger partial charge is 0.212 e. The predicted molar refractivity (Wildman–Crippen MR) is 432 cm³/mol. The Bertz CT molecular complexity index is 5390. The molecule has 0 radical (unpaired) electrons. The zero-order chi connectivity index (χ0) is 82.8. The van der Waals surface area contributed by atoms with Gasteiger partial charge in [0.05, 0.1) is 0 Å². The molecular formula is C97H114N4+4. The second-order valence-electron chi connectivity index (χ2n) is 29.5. The van der Waals surface area contributed by atoms with Crippen molar-refractivity contribution in [3.63, 3.8) is 0 Å². The van der Waals surface area contributed by atoms with Gasteiger partial charge in [-0.1, -0.05) is 208 Å². The third kappa shape index (κ3) is 17.6. The molecule has 0 N–H and O–H groups in total. The van der Waals surface area contributed by atoms with E-state index in [2.05, 4.69) is 215 Å². The van der Waals surface area contributed by atoms with Crippen LogP contribution in [0.2, 0.25) is 0 Å². The quantitative estimate of drug-likeness (QED) is 0.115. The molecule has 0 fully saturated rings. The average Bonchev–Trinajstić information content (AvgIpc) is 0.758. The lowest BCUT2D eigenvalue weighted by Gasteiger charge is -2.22. The van der Waals surface area contributed by atoms with Crippen LogP contribution in [0.5, 0.6) is 0 Å². The Hall–Kier alpha value is -9.64. The maximum atomic E-state index is 8.54. The highest BCUT2D eigenvalue weighted by Crippen LogP contribution is 2.38. The van der Waals surface area contributed by atoms with E-state index < -0.39 is 32.3 Å². The van der Waals surface area contributed by atoms with Crippen LogP contribution in [0.15, 0.2) is 219 Å². The van der Waals surface area contributed by atoms with Crippen molar-refractivity contribution in [2.75, 3.05) is 0 Å². The summed E-state index contributed by atoms with van der Waals surface area (Å²) in [5.41, 5.74) is 32.8. The van der Waals surface area contributed by atoms with Gasteiger partial charge in [-0.15, -0.1) is 0 Å². The van der Waals surface area contributed by atoms with E-state index in [0.717, 1.165) is 61.5 Å². The third-order valence-corrected chi connectivity index (χ3v) is 19.6. The van der Waals surface area contributed by atoms with E-state index in [1.165, 1.54) is 89.3 Å². The maximum absolute atomic E-state index is 8.54. The van der Waals surface area contributed by atoms with Gasteiger partial charge in [0, 0.05) is 83.9 Å². The van der Waals surface area contributed by atoms with Crippen molar-refractivity contribution < 1.29 is 33.3 Å². The first-order chi connectivity index (χ1) is 52.1. The van der Waals surface area contributed by atoms with E-state index in [1.807, 2.05) is 125 Å². The minimum Gasteiger partial charge on any atom is -0.201 e. The van der Waals surface area contributed by atoms with Crippen molar-refractivity contribution in [1.29, 1.82) is 0 Å². The molecule has 0 aliphatic heterocycles. The SMILES string of the molecule is Cc1cc(C)c(-c2cc(C(C)(C)C)c(C)c[n+]2C)cc1-c1ccccc1.Cc1cc(C)c(-c2cc(C)c(C(C)C)c[n+]2C)cc1-c1ccccc1.[2H]C([2H])([2H])c1cc(C)c(-c2cc(C([2H])(C)C)c(C([2H])([2H])[2H])c[n+]2C)cc1-c1ccccc1.[2H]C([2H])([2H])c1cc(C)c(-c2cc(C)c(C([2H])(C)C)c[n+]2C)cc1-c1ccccc1. The lowest BCUT2D eigenvalue weighted by molar-refractivity contribution is -0.661. The molecule has 0 aliphatic carbocycles. The van der Waals surface area contributed by atoms with Gasteiger partial charge in [0.2, 0.25) is 22.8 Å². The molecule has 4 heterocycles. The summed E-state index contributed by atoms with van der Waals surface area (Å²) < 4.78 is 97.1. The summed E-state index contributed by atoms with van der Waals surface area (Å²) in [6.45, 7) is 30.8. The smallest absolute Gasteiger partial charge is 0.201 e. The number of aromatic nitrogens is 4. The van der Waals surface area contributed by atoms with Gasteiger partial charge in [-0.3, -0.25) is 0 Å². The predicted octanol–water partition coefficient (Wildman–Crippen LogP) is 23.7. The summed E-state index contributed by atoms with van der Waals surface area (Å²) in [6, 6.07) is 65.6. The highest BCUT2D eigenvalue weighted by molar-refractivity contribution is 5.80. The first-order valence-electron chi connectivity index (χ1n) is 40.9. The number of hydrogen-bond acceptors (Lipinski definition) is 0. The van der Waals surface area contributed by atoms with E-state index in [9.17, 15) is 0 Å². The highest BCUT2D eigenvalue weighted by Gasteiger charge is 2.26. The van der Waals surface area contributed by atoms with Crippen LogP contribution < -0.4 is 18.3 Å². The van der Waals surface area contributed by atoms with Crippen LogP contribution in [0.25, 0.3) is 89.5 Å². The number of pyridine rings is 4. The molecular weight excluding hydrogens is 1220 g/mol. The molecule has 12 rings (SSSR count). The second kappa shape index (κ2) is 32.3. The van der Waals surface area contributed by atoms with E-state index in [4.69, 9.17) is 15.1 Å². The topological polar surface area (TPSA) is 15.5 Å². The summed E-state index contributed by atoms with van der Waals surface area (Å²) in [7, 11) is 8.05. The van der Waals surface area contributed by atoms with Crippen molar-refractivity contribution in [2.45, 2.75) is 168 Å². The van der Waals surface area contributed by atoms with Crippen molar-refractivity contribution in [2.24, 2.45) is 28.2 Å². The van der Waals surface area contributed by atoms with Gasteiger partial charge in [0.25, 0.3) is 0 Å². The first-order valence-corrected chi connectivity index (χ1v) is 35.4. The van der Waals surface area contributed by atoms with Gasteiger partial charge >= 0.3 is 0 Å². The Labute approximate surface area is 624 Å². The fraction of sp³-hybridized carbons (Fsp3) is 0.299.